The fourth-order valence-electron chi connectivity index (χ4n) is 2.16. The Balaban J connectivity index is 1.82. The topological polar surface area (TPSA) is 127 Å². The summed E-state index contributed by atoms with van der Waals surface area (Å²) in [6, 6.07) is -1.09. The standard InChI is InChI=1S/C11H19N7O3/c1-7(9-13-15-16-14-9)12-11(21)18-5-3-17(4-6-18)8(2)10(19)20/h7-8H,3-6H2,1-2H3,(H,12,21)(H,19,20)(H,13,14,15,16). The number of rotatable bonds is 4. The van der Waals surface area contributed by atoms with Crippen LogP contribution in [0.25, 0.3) is 0 Å². The molecule has 1 saturated heterocycles. The molecule has 0 bridgehead atoms. The number of nitrogens with zero attached hydrogens (tertiary/aromatic N) is 5. The van der Waals surface area contributed by atoms with Crippen molar-refractivity contribution in [1.82, 2.24) is 35.7 Å². The molecule has 1 aromatic heterocycles. The summed E-state index contributed by atoms with van der Waals surface area (Å²) in [5.41, 5.74) is 0. The zero-order valence-electron chi connectivity index (χ0n) is 12.0. The van der Waals surface area contributed by atoms with Gasteiger partial charge >= 0.3 is 12.0 Å². The van der Waals surface area contributed by atoms with E-state index in [-0.39, 0.29) is 12.1 Å². The highest BCUT2D eigenvalue weighted by atomic mass is 16.4. The van der Waals surface area contributed by atoms with Crippen molar-refractivity contribution in [2.45, 2.75) is 25.9 Å². The molecule has 10 heteroatoms. The van der Waals surface area contributed by atoms with Gasteiger partial charge in [-0.2, -0.15) is 5.21 Å². The number of carboxylic acids is 1. The Morgan fingerprint density at radius 1 is 1.29 bits per heavy atom. The third-order valence-corrected chi connectivity index (χ3v) is 3.60. The van der Waals surface area contributed by atoms with E-state index in [0.717, 1.165) is 0 Å². The molecule has 2 amide bonds. The molecule has 1 aliphatic rings. The number of hydrogen-bond acceptors (Lipinski definition) is 6. The Labute approximate surface area is 121 Å². The summed E-state index contributed by atoms with van der Waals surface area (Å²) < 4.78 is 0. The number of nitrogens with one attached hydrogen (secondary N) is 2. The quantitative estimate of drug-likeness (QED) is 0.654. The Hall–Kier alpha value is -2.23. The number of carbonyl (C=O) groups is 2. The van der Waals surface area contributed by atoms with Gasteiger partial charge in [0, 0.05) is 26.2 Å². The van der Waals surface area contributed by atoms with E-state index >= 15 is 0 Å². The maximum atomic E-state index is 12.1. The highest BCUT2D eigenvalue weighted by molar-refractivity contribution is 5.75. The van der Waals surface area contributed by atoms with Crippen molar-refractivity contribution >= 4 is 12.0 Å². The fraction of sp³-hybridized carbons (Fsp3) is 0.727. The number of hydrogen-bond donors (Lipinski definition) is 3. The van der Waals surface area contributed by atoms with E-state index < -0.39 is 12.0 Å². The first-order chi connectivity index (χ1) is 9.99. The SMILES string of the molecule is CC(NC(=O)N1CCN(C(C)C(=O)O)CC1)c1nn[nH]n1. The van der Waals surface area contributed by atoms with E-state index in [1.165, 1.54) is 0 Å². The highest BCUT2D eigenvalue weighted by Crippen LogP contribution is 2.09. The predicted molar refractivity (Wildman–Crippen MR) is 71.4 cm³/mol. The molecule has 1 aromatic rings. The molecule has 2 heterocycles. The Morgan fingerprint density at radius 2 is 1.95 bits per heavy atom. The lowest BCUT2D eigenvalue weighted by Crippen LogP contribution is -2.55. The van der Waals surface area contributed by atoms with E-state index in [1.807, 2.05) is 4.90 Å². The minimum absolute atomic E-state index is 0.213. The lowest BCUT2D eigenvalue weighted by atomic mass is 10.2. The largest absolute Gasteiger partial charge is 0.480 e. The van der Waals surface area contributed by atoms with Crippen LogP contribution in [0.15, 0.2) is 0 Å². The Kier molecular flexibility index (Phi) is 4.68. The van der Waals surface area contributed by atoms with Crippen LogP contribution in [0.5, 0.6) is 0 Å². The van der Waals surface area contributed by atoms with Crippen molar-refractivity contribution < 1.29 is 14.7 Å². The number of H-pyrrole nitrogens is 1. The molecule has 2 atom stereocenters. The van der Waals surface area contributed by atoms with Gasteiger partial charge in [0.1, 0.15) is 6.04 Å². The molecule has 10 nitrogen and oxygen atoms in total. The number of amides is 2. The number of tetrazole rings is 1. The van der Waals surface area contributed by atoms with Crippen molar-refractivity contribution in [3.63, 3.8) is 0 Å². The van der Waals surface area contributed by atoms with Gasteiger partial charge in [-0.1, -0.05) is 5.21 Å². The molecule has 1 aliphatic heterocycles. The van der Waals surface area contributed by atoms with E-state index in [4.69, 9.17) is 5.11 Å². The predicted octanol–water partition coefficient (Wildman–Crippen LogP) is -0.939. The van der Waals surface area contributed by atoms with Crippen LogP contribution in [0.4, 0.5) is 4.79 Å². The average Bonchev–Trinajstić information content (AvgIpc) is 3.00. The summed E-state index contributed by atoms with van der Waals surface area (Å²) in [6.07, 6.45) is 0. The van der Waals surface area contributed by atoms with Gasteiger partial charge in [0.2, 0.25) is 0 Å². The zero-order chi connectivity index (χ0) is 15.4. The van der Waals surface area contributed by atoms with Crippen LogP contribution in [0.1, 0.15) is 25.7 Å². The lowest BCUT2D eigenvalue weighted by Gasteiger charge is -2.36. The number of carbonyl (C=O) groups excluding carboxylic acids is 1. The van der Waals surface area contributed by atoms with Crippen molar-refractivity contribution in [2.24, 2.45) is 0 Å². The van der Waals surface area contributed by atoms with Crippen molar-refractivity contribution in [3.05, 3.63) is 5.82 Å². The van der Waals surface area contributed by atoms with Crippen LogP contribution in [-0.4, -0.2) is 79.8 Å². The van der Waals surface area contributed by atoms with E-state index in [9.17, 15) is 9.59 Å². The molecular formula is C11H19N7O3. The number of aliphatic carboxylic acids is 1. The number of aromatic amines is 1. The molecule has 0 aliphatic carbocycles. The summed E-state index contributed by atoms with van der Waals surface area (Å²) in [5.74, 6) is -0.430. The Bertz CT molecular complexity index is 484. The molecule has 2 rings (SSSR count). The molecule has 0 spiro atoms. The van der Waals surface area contributed by atoms with E-state index in [1.54, 1.807) is 18.7 Å². The maximum Gasteiger partial charge on any atom is 0.320 e. The summed E-state index contributed by atoms with van der Waals surface area (Å²) in [6.45, 7) is 5.47. The second-order valence-electron chi connectivity index (χ2n) is 4.98. The monoisotopic (exact) mass is 297 g/mol. The molecule has 1 fully saturated rings. The fourth-order valence-corrected chi connectivity index (χ4v) is 2.16. The van der Waals surface area contributed by atoms with Crippen molar-refractivity contribution in [1.29, 1.82) is 0 Å². The normalized spacial score (nSPS) is 19.0. The number of urea groups is 1. The molecule has 3 N–H and O–H groups in total. The molecule has 0 radical (unpaired) electrons. The minimum atomic E-state index is -0.848. The second-order valence-corrected chi connectivity index (χ2v) is 4.98. The molecule has 0 aromatic carbocycles. The molecule has 21 heavy (non-hydrogen) atoms. The summed E-state index contributed by atoms with van der Waals surface area (Å²) in [7, 11) is 0. The molecule has 116 valence electrons. The van der Waals surface area contributed by atoms with Gasteiger partial charge in [0.15, 0.2) is 5.82 Å². The van der Waals surface area contributed by atoms with Gasteiger partial charge < -0.3 is 15.3 Å². The summed E-state index contributed by atoms with van der Waals surface area (Å²) >= 11 is 0. The van der Waals surface area contributed by atoms with Gasteiger partial charge in [-0.25, -0.2) is 4.79 Å². The van der Waals surface area contributed by atoms with Gasteiger partial charge in [-0.15, -0.1) is 10.2 Å². The van der Waals surface area contributed by atoms with Gasteiger partial charge in [0.25, 0.3) is 0 Å². The van der Waals surface area contributed by atoms with Crippen LogP contribution >= 0.6 is 0 Å². The third kappa shape index (κ3) is 3.66. The number of aromatic nitrogens is 4. The summed E-state index contributed by atoms with van der Waals surface area (Å²) in [5, 5.41) is 25.2. The Morgan fingerprint density at radius 3 is 2.48 bits per heavy atom. The second kappa shape index (κ2) is 6.48. The van der Waals surface area contributed by atoms with Crippen LogP contribution in [0, 0.1) is 0 Å². The zero-order valence-corrected chi connectivity index (χ0v) is 12.0. The van der Waals surface area contributed by atoms with Crippen molar-refractivity contribution in [2.75, 3.05) is 26.2 Å². The number of carboxylic acid groups (broad SMARTS) is 1. The van der Waals surface area contributed by atoms with Crippen LogP contribution in [0.2, 0.25) is 0 Å². The maximum absolute atomic E-state index is 12.1. The first-order valence-corrected chi connectivity index (χ1v) is 6.74. The molecule has 0 saturated carbocycles. The van der Waals surface area contributed by atoms with Gasteiger partial charge in [0.05, 0.1) is 6.04 Å². The third-order valence-electron chi connectivity index (χ3n) is 3.60. The summed E-state index contributed by atoms with van der Waals surface area (Å²) in [4.78, 5) is 26.5. The van der Waals surface area contributed by atoms with Crippen LogP contribution < -0.4 is 5.32 Å². The average molecular weight is 297 g/mol. The smallest absolute Gasteiger partial charge is 0.320 e. The van der Waals surface area contributed by atoms with Gasteiger partial charge in [-0.3, -0.25) is 9.69 Å². The van der Waals surface area contributed by atoms with Crippen LogP contribution in [-0.2, 0) is 4.79 Å². The lowest BCUT2D eigenvalue weighted by molar-refractivity contribution is -0.143. The highest BCUT2D eigenvalue weighted by Gasteiger charge is 2.28. The number of piperazine rings is 1. The minimum Gasteiger partial charge on any atom is -0.480 e. The molecular weight excluding hydrogens is 278 g/mol. The van der Waals surface area contributed by atoms with E-state index in [2.05, 4.69) is 25.9 Å². The van der Waals surface area contributed by atoms with Crippen molar-refractivity contribution in [3.8, 4) is 0 Å². The van der Waals surface area contributed by atoms with Gasteiger partial charge in [-0.05, 0) is 13.8 Å². The first kappa shape index (κ1) is 15.2. The molecule has 2 unspecified atom stereocenters. The first-order valence-electron chi connectivity index (χ1n) is 6.74. The van der Waals surface area contributed by atoms with Crippen LogP contribution in [0.3, 0.4) is 0 Å². The van der Waals surface area contributed by atoms with E-state index in [0.29, 0.717) is 32.0 Å².